The van der Waals surface area contributed by atoms with E-state index in [4.69, 9.17) is 15.2 Å². The molecule has 2 N–H and O–H groups in total. The Balaban J connectivity index is 1.80. The molecule has 0 unspecified atom stereocenters. The van der Waals surface area contributed by atoms with Gasteiger partial charge in [0, 0.05) is 30.2 Å². The van der Waals surface area contributed by atoms with Crippen LogP contribution in [0.5, 0.6) is 0 Å². The maximum atomic E-state index is 12.8. The number of hydrogen-bond donors (Lipinski definition) is 1. The summed E-state index contributed by atoms with van der Waals surface area (Å²) in [6.45, 7) is 3.59. The molecule has 2 aliphatic rings. The molecule has 5 nitrogen and oxygen atoms in total. The Bertz CT molecular complexity index is 896. The highest BCUT2D eigenvalue weighted by atomic mass is 16.7. The molecule has 0 bridgehead atoms. The van der Waals surface area contributed by atoms with Crippen molar-refractivity contribution in [2.24, 2.45) is 5.73 Å². The maximum absolute atomic E-state index is 12.8. The van der Waals surface area contributed by atoms with E-state index < -0.39 is 5.79 Å². The third kappa shape index (κ3) is 3.08. The van der Waals surface area contributed by atoms with Crippen LogP contribution in [-0.4, -0.2) is 32.7 Å². The number of anilines is 1. The number of nitrogens with two attached hydrogens (primary N) is 1. The zero-order valence-electron chi connectivity index (χ0n) is 15.7. The topological polar surface area (TPSA) is 64.8 Å². The lowest BCUT2D eigenvalue weighted by Crippen LogP contribution is -2.30. The quantitative estimate of drug-likeness (QED) is 0.847. The maximum Gasteiger partial charge on any atom is 0.258 e. The van der Waals surface area contributed by atoms with Crippen molar-refractivity contribution in [2.45, 2.75) is 19.1 Å². The van der Waals surface area contributed by atoms with Gasteiger partial charge in [0.2, 0.25) is 0 Å². The Morgan fingerprint density at radius 3 is 2.52 bits per heavy atom. The summed E-state index contributed by atoms with van der Waals surface area (Å²) in [7, 11) is 1.80. The first-order chi connectivity index (χ1) is 13.0. The number of likely N-dealkylation sites (N-methyl/N-ethyl adjacent to an activating group) is 1. The highest BCUT2D eigenvalue weighted by molar-refractivity contribution is 6.35. The molecule has 0 atom stereocenters. The van der Waals surface area contributed by atoms with E-state index in [0.717, 1.165) is 22.4 Å². The molecule has 1 saturated heterocycles. The molecule has 0 spiro atoms. The van der Waals surface area contributed by atoms with Crippen LogP contribution < -0.4 is 10.6 Å². The molecule has 140 valence electrons. The van der Waals surface area contributed by atoms with Crippen molar-refractivity contribution >= 4 is 23.2 Å². The molecular weight excluding hydrogens is 340 g/mol. The molecule has 0 radical (unpaired) electrons. The fraction of sp³-hybridized carbons (Fsp3) is 0.318. The van der Waals surface area contributed by atoms with Crippen molar-refractivity contribution < 1.29 is 14.3 Å². The molecule has 2 aromatic carbocycles. The van der Waals surface area contributed by atoms with Crippen LogP contribution >= 0.6 is 0 Å². The molecule has 2 aromatic rings. The molecule has 0 aliphatic carbocycles. The van der Waals surface area contributed by atoms with E-state index in [0.29, 0.717) is 31.8 Å². The van der Waals surface area contributed by atoms with Gasteiger partial charge in [-0.1, -0.05) is 35.9 Å². The summed E-state index contributed by atoms with van der Waals surface area (Å²) in [6.07, 6.45) is 2.52. The van der Waals surface area contributed by atoms with E-state index in [1.807, 2.05) is 55.5 Å². The van der Waals surface area contributed by atoms with Gasteiger partial charge in [0.1, 0.15) is 0 Å². The van der Waals surface area contributed by atoms with E-state index in [2.05, 4.69) is 0 Å². The van der Waals surface area contributed by atoms with Gasteiger partial charge in [-0.05, 0) is 37.2 Å². The van der Waals surface area contributed by atoms with Crippen LogP contribution in [-0.2, 0) is 20.1 Å². The smallest absolute Gasteiger partial charge is 0.258 e. The van der Waals surface area contributed by atoms with Gasteiger partial charge >= 0.3 is 0 Å². The normalized spacial score (nSPS) is 19.7. The Kier molecular flexibility index (Phi) is 4.60. The lowest BCUT2D eigenvalue weighted by atomic mass is 9.96. The fourth-order valence-electron chi connectivity index (χ4n) is 3.76. The molecule has 2 heterocycles. The van der Waals surface area contributed by atoms with Crippen LogP contribution in [0.1, 0.15) is 28.7 Å². The van der Waals surface area contributed by atoms with E-state index in [1.54, 1.807) is 11.9 Å². The summed E-state index contributed by atoms with van der Waals surface area (Å²) in [4.78, 5) is 14.5. The number of hydrogen-bond acceptors (Lipinski definition) is 4. The van der Waals surface area contributed by atoms with Crippen LogP contribution in [0.15, 0.2) is 42.5 Å². The zero-order valence-corrected chi connectivity index (χ0v) is 15.7. The van der Waals surface area contributed by atoms with Gasteiger partial charge in [-0.3, -0.25) is 4.79 Å². The molecule has 4 rings (SSSR count). The molecule has 0 aromatic heterocycles. The molecule has 5 heteroatoms. The number of ether oxygens (including phenoxy) is 2. The van der Waals surface area contributed by atoms with Crippen LogP contribution in [0.4, 0.5) is 5.69 Å². The van der Waals surface area contributed by atoms with Gasteiger partial charge in [0.25, 0.3) is 5.91 Å². The lowest BCUT2D eigenvalue weighted by Gasteiger charge is -2.28. The summed E-state index contributed by atoms with van der Waals surface area (Å²) in [5.74, 6) is -0.827. The Labute approximate surface area is 159 Å². The Hall–Kier alpha value is -2.47. The van der Waals surface area contributed by atoms with Gasteiger partial charge in [-0.2, -0.15) is 0 Å². The lowest BCUT2D eigenvalue weighted by molar-refractivity contribution is -0.168. The van der Waals surface area contributed by atoms with Crippen molar-refractivity contribution in [3.05, 3.63) is 64.7 Å². The van der Waals surface area contributed by atoms with Crippen LogP contribution in [0.25, 0.3) is 11.6 Å². The molecule has 27 heavy (non-hydrogen) atoms. The Morgan fingerprint density at radius 1 is 1.15 bits per heavy atom. The average molecular weight is 364 g/mol. The van der Waals surface area contributed by atoms with Crippen LogP contribution in [0.2, 0.25) is 0 Å². The van der Waals surface area contributed by atoms with Crippen LogP contribution in [0.3, 0.4) is 0 Å². The number of fused-ring (bicyclic) bond motifs is 1. The molecule has 0 saturated carbocycles. The fourth-order valence-corrected chi connectivity index (χ4v) is 3.76. The highest BCUT2D eigenvalue weighted by Crippen LogP contribution is 2.42. The summed E-state index contributed by atoms with van der Waals surface area (Å²) in [5, 5.41) is 0. The number of rotatable bonds is 4. The second-order valence-electron chi connectivity index (χ2n) is 7.05. The van der Waals surface area contributed by atoms with Gasteiger partial charge < -0.3 is 20.1 Å². The number of nitrogens with zero attached hydrogens (tertiary/aromatic N) is 1. The molecule has 1 fully saturated rings. The standard InChI is InChI=1S/C22H24N2O3/c1-15-3-5-16(6-4-15)13-19-18-14-17(7-8-20(18)24(2)21(19)25)22(9-10-23)26-11-12-27-22/h3-8,13-14H,9-12,23H2,1-2H3/b19-13-. The largest absolute Gasteiger partial charge is 0.343 e. The van der Waals surface area contributed by atoms with Gasteiger partial charge in [0.15, 0.2) is 5.79 Å². The Morgan fingerprint density at radius 2 is 1.85 bits per heavy atom. The summed E-state index contributed by atoms with van der Waals surface area (Å²) in [6, 6.07) is 14.1. The first-order valence-electron chi connectivity index (χ1n) is 9.23. The number of aryl methyl sites for hydroxylation is 1. The van der Waals surface area contributed by atoms with E-state index >= 15 is 0 Å². The number of carbonyl (C=O) groups excluding carboxylic acids is 1. The monoisotopic (exact) mass is 364 g/mol. The number of amides is 1. The molecule has 1 amide bonds. The number of carbonyl (C=O) groups is 1. The average Bonchev–Trinajstić information content (AvgIpc) is 3.24. The summed E-state index contributed by atoms with van der Waals surface area (Å²) in [5.41, 5.74) is 11.4. The van der Waals surface area contributed by atoms with Gasteiger partial charge in [-0.25, -0.2) is 0 Å². The summed E-state index contributed by atoms with van der Waals surface area (Å²) >= 11 is 0. The van der Waals surface area contributed by atoms with E-state index in [-0.39, 0.29) is 5.91 Å². The first kappa shape index (κ1) is 17.9. The van der Waals surface area contributed by atoms with E-state index in [1.165, 1.54) is 5.56 Å². The summed E-state index contributed by atoms with van der Waals surface area (Å²) < 4.78 is 11.9. The van der Waals surface area contributed by atoms with Crippen molar-refractivity contribution in [3.8, 4) is 0 Å². The number of benzene rings is 2. The predicted octanol–water partition coefficient (Wildman–Crippen LogP) is 3.06. The second-order valence-corrected chi connectivity index (χ2v) is 7.05. The zero-order chi connectivity index (χ0) is 19.0. The third-order valence-corrected chi connectivity index (χ3v) is 5.24. The SMILES string of the molecule is Cc1ccc(/C=C2\C(=O)N(C)c3ccc(C4(CCN)OCCO4)cc32)cc1. The van der Waals surface area contributed by atoms with Gasteiger partial charge in [0.05, 0.1) is 18.9 Å². The van der Waals surface area contributed by atoms with Gasteiger partial charge in [-0.15, -0.1) is 0 Å². The molecule has 2 aliphatic heterocycles. The van der Waals surface area contributed by atoms with Crippen molar-refractivity contribution in [1.82, 2.24) is 0 Å². The highest BCUT2D eigenvalue weighted by Gasteiger charge is 2.40. The minimum atomic E-state index is -0.817. The minimum Gasteiger partial charge on any atom is -0.343 e. The second kappa shape index (κ2) is 6.93. The molecular formula is C22H24N2O3. The third-order valence-electron chi connectivity index (χ3n) is 5.24. The van der Waals surface area contributed by atoms with Crippen molar-refractivity contribution in [3.63, 3.8) is 0 Å². The van der Waals surface area contributed by atoms with E-state index in [9.17, 15) is 4.79 Å². The predicted molar refractivity (Wildman–Crippen MR) is 106 cm³/mol. The first-order valence-corrected chi connectivity index (χ1v) is 9.23. The van der Waals surface area contributed by atoms with Crippen LogP contribution in [0, 0.1) is 6.92 Å². The minimum absolute atomic E-state index is 0.0103. The van der Waals surface area contributed by atoms with Crippen molar-refractivity contribution in [2.75, 3.05) is 31.7 Å². The van der Waals surface area contributed by atoms with Crippen molar-refractivity contribution in [1.29, 1.82) is 0 Å².